The Morgan fingerprint density at radius 3 is 2.35 bits per heavy atom. The van der Waals surface area contributed by atoms with Crippen LogP contribution in [0.3, 0.4) is 0 Å². The molecule has 0 bridgehead atoms. The Morgan fingerprint density at radius 1 is 1.10 bits per heavy atom. The largest absolute Gasteiger partial charge is 0.497 e. The van der Waals surface area contributed by atoms with Crippen LogP contribution in [-0.2, 0) is 0 Å². The number of carbonyl (C=O) groups is 1. The second-order valence-corrected chi connectivity index (χ2v) is 4.46. The van der Waals surface area contributed by atoms with E-state index in [1.165, 1.54) is 6.21 Å². The number of hydrogen-bond acceptors (Lipinski definition) is 3. The third kappa shape index (κ3) is 3.54. The van der Waals surface area contributed by atoms with Crippen LogP contribution in [0.2, 0.25) is 0 Å². The highest BCUT2D eigenvalue weighted by atomic mass is 16.5. The predicted molar refractivity (Wildman–Crippen MR) is 80.7 cm³/mol. The molecular formula is C17H17NO2. The lowest BCUT2D eigenvalue weighted by Gasteiger charge is -2.05. The fourth-order valence-electron chi connectivity index (χ4n) is 1.83. The molecule has 0 fully saturated rings. The van der Waals surface area contributed by atoms with Crippen molar-refractivity contribution in [1.29, 1.82) is 0 Å². The van der Waals surface area contributed by atoms with Gasteiger partial charge in [-0.3, -0.25) is 9.79 Å². The molecule has 20 heavy (non-hydrogen) atoms. The molecule has 0 aliphatic carbocycles. The lowest BCUT2D eigenvalue weighted by Crippen LogP contribution is -2.02. The summed E-state index contributed by atoms with van der Waals surface area (Å²) in [5.74, 6) is 0.631. The first kappa shape index (κ1) is 14.0. The monoisotopic (exact) mass is 267 g/mol. The molecule has 1 atom stereocenters. The zero-order valence-electron chi connectivity index (χ0n) is 11.6. The Balaban J connectivity index is 2.05. The molecule has 0 N–H and O–H groups in total. The van der Waals surface area contributed by atoms with Crippen LogP contribution in [-0.4, -0.2) is 19.1 Å². The van der Waals surface area contributed by atoms with Gasteiger partial charge in [-0.05, 0) is 36.8 Å². The van der Waals surface area contributed by atoms with Crippen LogP contribution in [0.15, 0.2) is 59.6 Å². The van der Waals surface area contributed by atoms with Crippen LogP contribution in [0.5, 0.6) is 5.75 Å². The highest BCUT2D eigenvalue weighted by Crippen LogP contribution is 2.16. The van der Waals surface area contributed by atoms with Crippen LogP contribution in [0, 0.1) is 0 Å². The molecule has 0 spiro atoms. The van der Waals surface area contributed by atoms with Crippen molar-refractivity contribution in [3.8, 4) is 5.75 Å². The van der Waals surface area contributed by atoms with Crippen LogP contribution in [0.1, 0.15) is 28.9 Å². The van der Waals surface area contributed by atoms with Crippen molar-refractivity contribution in [2.24, 2.45) is 4.99 Å². The van der Waals surface area contributed by atoms with Crippen molar-refractivity contribution in [3.05, 3.63) is 65.7 Å². The molecule has 0 radical (unpaired) electrons. The summed E-state index contributed by atoms with van der Waals surface area (Å²) in [6.07, 6.45) is 1.39. The molecule has 0 aliphatic heterocycles. The summed E-state index contributed by atoms with van der Waals surface area (Å²) in [6.45, 7) is 1.97. The van der Waals surface area contributed by atoms with E-state index in [0.29, 0.717) is 5.56 Å². The first-order chi connectivity index (χ1) is 9.70. The maximum atomic E-state index is 12.0. The molecule has 0 saturated carbocycles. The summed E-state index contributed by atoms with van der Waals surface area (Å²) >= 11 is 0. The number of Topliss-reactive ketones (excluding diaryl/α,β-unsaturated/α-hetero) is 1. The maximum absolute atomic E-state index is 12.0. The van der Waals surface area contributed by atoms with Gasteiger partial charge in [-0.25, -0.2) is 0 Å². The standard InChI is InChI=1S/C17H17NO2/c1-13(14-6-4-3-5-7-14)18-12-17(19)15-8-10-16(20-2)11-9-15/h3-13H,1-2H3/t13-/m0/s1. The normalized spacial score (nSPS) is 12.3. The second-order valence-electron chi connectivity index (χ2n) is 4.46. The van der Waals surface area contributed by atoms with Crippen LogP contribution >= 0.6 is 0 Å². The Morgan fingerprint density at radius 2 is 1.75 bits per heavy atom. The van der Waals surface area contributed by atoms with Gasteiger partial charge in [-0.15, -0.1) is 0 Å². The van der Waals surface area contributed by atoms with E-state index in [2.05, 4.69) is 4.99 Å². The maximum Gasteiger partial charge on any atom is 0.203 e. The molecule has 3 heteroatoms. The lowest BCUT2D eigenvalue weighted by molar-refractivity contribution is 0.107. The van der Waals surface area contributed by atoms with Crippen molar-refractivity contribution in [2.75, 3.05) is 7.11 Å². The topological polar surface area (TPSA) is 38.7 Å². The van der Waals surface area contributed by atoms with Gasteiger partial charge < -0.3 is 4.74 Å². The fraction of sp³-hybridized carbons (Fsp3) is 0.176. The average molecular weight is 267 g/mol. The summed E-state index contributed by atoms with van der Waals surface area (Å²) in [6, 6.07) is 16.9. The molecule has 0 unspecified atom stereocenters. The number of ketones is 1. The Kier molecular flexibility index (Phi) is 4.66. The first-order valence-electron chi connectivity index (χ1n) is 6.47. The van der Waals surface area contributed by atoms with Gasteiger partial charge in [0.15, 0.2) is 0 Å². The molecule has 0 aromatic heterocycles. The van der Waals surface area contributed by atoms with Crippen molar-refractivity contribution in [1.82, 2.24) is 0 Å². The van der Waals surface area contributed by atoms with Gasteiger partial charge in [0.1, 0.15) is 5.75 Å². The van der Waals surface area contributed by atoms with E-state index < -0.39 is 0 Å². The van der Waals surface area contributed by atoms with Crippen molar-refractivity contribution in [3.63, 3.8) is 0 Å². The minimum atomic E-state index is -0.101. The summed E-state index contributed by atoms with van der Waals surface area (Å²) < 4.78 is 5.06. The Labute approximate surface area is 118 Å². The van der Waals surface area contributed by atoms with E-state index in [1.807, 2.05) is 37.3 Å². The molecule has 2 aromatic carbocycles. The van der Waals surface area contributed by atoms with E-state index in [9.17, 15) is 4.79 Å². The third-order valence-electron chi connectivity index (χ3n) is 3.07. The van der Waals surface area contributed by atoms with E-state index in [0.717, 1.165) is 11.3 Å². The van der Waals surface area contributed by atoms with Crippen LogP contribution in [0.25, 0.3) is 0 Å². The molecule has 0 saturated heterocycles. The summed E-state index contributed by atoms with van der Waals surface area (Å²) in [5.41, 5.74) is 1.70. The molecular weight excluding hydrogens is 250 g/mol. The summed E-state index contributed by atoms with van der Waals surface area (Å²) in [5, 5.41) is 0. The van der Waals surface area contributed by atoms with Gasteiger partial charge in [0.25, 0.3) is 0 Å². The number of carbonyl (C=O) groups excluding carboxylic acids is 1. The highest BCUT2D eigenvalue weighted by molar-refractivity contribution is 6.35. The number of hydrogen-bond donors (Lipinski definition) is 0. The van der Waals surface area contributed by atoms with E-state index in [1.54, 1.807) is 31.4 Å². The van der Waals surface area contributed by atoms with Gasteiger partial charge in [0, 0.05) is 5.56 Å². The molecule has 2 rings (SSSR count). The van der Waals surface area contributed by atoms with Gasteiger partial charge in [0.05, 0.1) is 19.4 Å². The van der Waals surface area contributed by atoms with Gasteiger partial charge in [-0.2, -0.15) is 0 Å². The highest BCUT2D eigenvalue weighted by Gasteiger charge is 2.05. The Bertz CT molecular complexity index is 588. The minimum Gasteiger partial charge on any atom is -0.497 e. The number of aliphatic imine (C=N–C) groups is 1. The summed E-state index contributed by atoms with van der Waals surface area (Å²) in [4.78, 5) is 16.3. The molecule has 0 aliphatic rings. The van der Waals surface area contributed by atoms with Gasteiger partial charge >= 0.3 is 0 Å². The second kappa shape index (κ2) is 6.66. The van der Waals surface area contributed by atoms with E-state index >= 15 is 0 Å². The van der Waals surface area contributed by atoms with Crippen molar-refractivity contribution in [2.45, 2.75) is 13.0 Å². The number of nitrogens with zero attached hydrogens (tertiary/aromatic N) is 1. The fourth-order valence-corrected chi connectivity index (χ4v) is 1.83. The number of methoxy groups -OCH3 is 1. The third-order valence-corrected chi connectivity index (χ3v) is 3.07. The molecule has 2 aromatic rings. The van der Waals surface area contributed by atoms with Crippen LogP contribution < -0.4 is 4.74 Å². The molecule has 3 nitrogen and oxygen atoms in total. The van der Waals surface area contributed by atoms with Crippen molar-refractivity contribution >= 4 is 12.0 Å². The average Bonchev–Trinajstić information content (AvgIpc) is 2.53. The number of rotatable bonds is 5. The summed E-state index contributed by atoms with van der Waals surface area (Å²) in [7, 11) is 1.60. The first-order valence-corrected chi connectivity index (χ1v) is 6.47. The van der Waals surface area contributed by atoms with Gasteiger partial charge in [-0.1, -0.05) is 30.3 Å². The van der Waals surface area contributed by atoms with Gasteiger partial charge in [0.2, 0.25) is 5.78 Å². The smallest absolute Gasteiger partial charge is 0.203 e. The lowest BCUT2D eigenvalue weighted by atomic mass is 10.1. The van der Waals surface area contributed by atoms with Crippen LogP contribution in [0.4, 0.5) is 0 Å². The van der Waals surface area contributed by atoms with Crippen molar-refractivity contribution < 1.29 is 9.53 Å². The SMILES string of the molecule is COc1ccc(C(=O)C=N[C@@H](C)c2ccccc2)cc1. The minimum absolute atomic E-state index is 0.0293. The number of benzene rings is 2. The predicted octanol–water partition coefficient (Wildman–Crippen LogP) is 3.71. The zero-order valence-corrected chi connectivity index (χ0v) is 11.6. The molecule has 102 valence electrons. The molecule has 0 heterocycles. The quantitative estimate of drug-likeness (QED) is 0.612. The molecule has 0 amide bonds. The Hall–Kier alpha value is -2.42. The number of ether oxygens (including phenoxy) is 1. The zero-order chi connectivity index (χ0) is 14.4. The van der Waals surface area contributed by atoms with E-state index in [-0.39, 0.29) is 11.8 Å². The van der Waals surface area contributed by atoms with E-state index in [4.69, 9.17) is 4.74 Å².